The van der Waals surface area contributed by atoms with Crippen LogP contribution in [0.3, 0.4) is 0 Å². The number of nitrogens with zero attached hydrogens (tertiary/aromatic N) is 1. The molecule has 1 unspecified atom stereocenters. The Labute approximate surface area is 115 Å². The van der Waals surface area contributed by atoms with Crippen molar-refractivity contribution in [2.75, 3.05) is 19.3 Å². The molecule has 2 atom stereocenters. The number of primary amides is 1. The van der Waals surface area contributed by atoms with Gasteiger partial charge in [-0.1, -0.05) is 12.5 Å². The molecule has 110 valence electrons. The summed E-state index contributed by atoms with van der Waals surface area (Å²) in [5.74, 6) is -0.268. The monoisotopic (exact) mass is 288 g/mol. The molecule has 19 heavy (non-hydrogen) atoms. The van der Waals surface area contributed by atoms with Gasteiger partial charge in [-0.05, 0) is 39.3 Å². The van der Waals surface area contributed by atoms with E-state index < -0.39 is 9.84 Å². The third kappa shape index (κ3) is 6.20. The quantitative estimate of drug-likeness (QED) is 0.834. The number of hydrogen-bond donors (Lipinski definition) is 1. The van der Waals surface area contributed by atoms with Gasteiger partial charge in [-0.25, -0.2) is 8.42 Å². The Bertz CT molecular complexity index is 431. The van der Waals surface area contributed by atoms with Crippen molar-refractivity contribution in [1.29, 1.82) is 0 Å². The molecule has 0 aromatic carbocycles. The lowest BCUT2D eigenvalue weighted by Crippen LogP contribution is -2.37. The molecule has 1 amide bonds. The summed E-state index contributed by atoms with van der Waals surface area (Å²) in [6.07, 6.45) is 6.53. The second kappa shape index (κ2) is 7.05. The van der Waals surface area contributed by atoms with E-state index in [0.717, 1.165) is 38.8 Å². The van der Waals surface area contributed by atoms with Crippen LogP contribution < -0.4 is 5.73 Å². The number of hydrogen-bond acceptors (Lipinski definition) is 4. The summed E-state index contributed by atoms with van der Waals surface area (Å²) in [7, 11) is -3.08. The number of carbonyl (C=O) groups is 1. The molecule has 2 N–H and O–H groups in total. The normalized spacial score (nSPS) is 24.8. The summed E-state index contributed by atoms with van der Waals surface area (Å²) >= 11 is 0. The Hall–Kier alpha value is -0.880. The fourth-order valence-corrected chi connectivity index (χ4v) is 2.87. The van der Waals surface area contributed by atoms with Crippen molar-refractivity contribution in [3.05, 3.63) is 11.5 Å². The fraction of sp³-hybridized carbons (Fsp3) is 0.769. The third-order valence-electron chi connectivity index (χ3n) is 3.60. The van der Waals surface area contributed by atoms with Gasteiger partial charge in [0.15, 0.2) is 9.84 Å². The average molecular weight is 288 g/mol. The maximum atomic E-state index is 11.3. The molecule has 6 heteroatoms. The number of likely N-dealkylation sites (tertiary alicyclic amines) is 1. The van der Waals surface area contributed by atoms with Crippen molar-refractivity contribution in [3.63, 3.8) is 0 Å². The zero-order valence-electron chi connectivity index (χ0n) is 11.7. The van der Waals surface area contributed by atoms with Crippen molar-refractivity contribution in [3.8, 4) is 0 Å². The van der Waals surface area contributed by atoms with Crippen LogP contribution in [0.4, 0.5) is 0 Å². The first-order valence-corrected chi connectivity index (χ1v) is 8.66. The van der Waals surface area contributed by atoms with Gasteiger partial charge >= 0.3 is 0 Å². The third-order valence-corrected chi connectivity index (χ3v) is 4.25. The van der Waals surface area contributed by atoms with Crippen molar-refractivity contribution in [1.82, 2.24) is 4.90 Å². The largest absolute Gasteiger partial charge is 0.369 e. The molecule has 0 saturated carbocycles. The van der Waals surface area contributed by atoms with Gasteiger partial charge < -0.3 is 5.73 Å². The minimum absolute atomic E-state index is 0.0473. The van der Waals surface area contributed by atoms with Crippen LogP contribution in [-0.4, -0.2) is 44.6 Å². The summed E-state index contributed by atoms with van der Waals surface area (Å²) in [6, 6.07) is 0.0568. The van der Waals surface area contributed by atoms with E-state index in [9.17, 15) is 13.2 Å². The molecule has 0 aromatic rings. The summed E-state index contributed by atoms with van der Waals surface area (Å²) in [5, 5.41) is 1.25. The standard InChI is InChI=1S/C13H24N2O3S/c1-11(7-10-19(2,17)18)15-8-4-3-5-12(6-9-15)13(14)16/h7,10-12H,3-6,8-9H2,1-2H3,(H2,14,16)/b10-7-/t11-,12?/m1/s1. The Balaban J connectivity index is 2.61. The zero-order valence-corrected chi connectivity index (χ0v) is 12.5. The lowest BCUT2D eigenvalue weighted by atomic mass is 9.95. The molecule has 5 nitrogen and oxygen atoms in total. The van der Waals surface area contributed by atoms with Gasteiger partial charge in [0.25, 0.3) is 0 Å². The Morgan fingerprint density at radius 3 is 2.58 bits per heavy atom. The molecule has 1 heterocycles. The highest BCUT2D eigenvalue weighted by atomic mass is 32.2. The maximum Gasteiger partial charge on any atom is 0.220 e. The van der Waals surface area contributed by atoms with Gasteiger partial charge in [-0.3, -0.25) is 9.69 Å². The van der Waals surface area contributed by atoms with Crippen molar-refractivity contribution < 1.29 is 13.2 Å². The molecule has 0 aliphatic carbocycles. The molecule has 0 aromatic heterocycles. The minimum atomic E-state index is -3.08. The van der Waals surface area contributed by atoms with Crippen molar-refractivity contribution >= 4 is 15.7 Å². The highest BCUT2D eigenvalue weighted by Crippen LogP contribution is 2.19. The maximum absolute atomic E-state index is 11.3. The Morgan fingerprint density at radius 2 is 2.00 bits per heavy atom. The van der Waals surface area contributed by atoms with Crippen molar-refractivity contribution in [2.45, 2.75) is 38.6 Å². The molecule has 1 rings (SSSR count). The van der Waals surface area contributed by atoms with Gasteiger partial charge in [0.05, 0.1) is 0 Å². The van der Waals surface area contributed by atoms with E-state index >= 15 is 0 Å². The Morgan fingerprint density at radius 1 is 1.32 bits per heavy atom. The topological polar surface area (TPSA) is 80.5 Å². The SMILES string of the molecule is C[C@H](/C=C\S(C)(=O)=O)N1CCCCC(C(N)=O)CC1. The summed E-state index contributed by atoms with van der Waals surface area (Å²) < 4.78 is 22.2. The van der Waals surface area contributed by atoms with Crippen LogP contribution in [0.5, 0.6) is 0 Å². The van der Waals surface area contributed by atoms with E-state index in [-0.39, 0.29) is 17.9 Å². The van der Waals surface area contributed by atoms with Gasteiger partial charge in [0, 0.05) is 23.6 Å². The van der Waals surface area contributed by atoms with E-state index in [1.54, 1.807) is 6.08 Å². The molecule has 1 saturated heterocycles. The first-order valence-electron chi connectivity index (χ1n) is 6.71. The number of rotatable bonds is 4. The lowest BCUT2D eigenvalue weighted by molar-refractivity contribution is -0.122. The molecule has 0 spiro atoms. The van der Waals surface area contributed by atoms with Crippen LogP contribution in [-0.2, 0) is 14.6 Å². The van der Waals surface area contributed by atoms with Crippen LogP contribution in [0, 0.1) is 5.92 Å². The van der Waals surface area contributed by atoms with E-state index in [0.29, 0.717) is 0 Å². The Kier molecular flexibility index (Phi) is 6.00. The predicted octanol–water partition coefficient (Wildman–Crippen LogP) is 0.911. The van der Waals surface area contributed by atoms with Gasteiger partial charge in [-0.15, -0.1) is 0 Å². The van der Waals surface area contributed by atoms with E-state index in [1.165, 1.54) is 11.7 Å². The fourth-order valence-electron chi connectivity index (χ4n) is 2.35. The van der Waals surface area contributed by atoms with Crippen LogP contribution in [0.15, 0.2) is 11.5 Å². The molecular weight excluding hydrogens is 264 g/mol. The smallest absolute Gasteiger partial charge is 0.220 e. The number of sulfone groups is 1. The molecule has 1 aliphatic heterocycles. The van der Waals surface area contributed by atoms with Crippen LogP contribution in [0.25, 0.3) is 0 Å². The van der Waals surface area contributed by atoms with Crippen LogP contribution in [0.2, 0.25) is 0 Å². The highest BCUT2D eigenvalue weighted by molar-refractivity contribution is 7.93. The van der Waals surface area contributed by atoms with Gasteiger partial charge in [-0.2, -0.15) is 0 Å². The molecule has 0 radical (unpaired) electrons. The number of carbonyl (C=O) groups excluding carboxylic acids is 1. The van der Waals surface area contributed by atoms with E-state index in [4.69, 9.17) is 5.73 Å². The molecule has 0 bridgehead atoms. The second-order valence-corrected chi connectivity index (χ2v) is 7.25. The van der Waals surface area contributed by atoms with Crippen molar-refractivity contribution in [2.24, 2.45) is 11.7 Å². The first-order chi connectivity index (χ1) is 8.79. The predicted molar refractivity (Wildman–Crippen MR) is 76.2 cm³/mol. The first kappa shape index (κ1) is 16.2. The van der Waals surface area contributed by atoms with Gasteiger partial charge in [0.2, 0.25) is 5.91 Å². The summed E-state index contributed by atoms with van der Waals surface area (Å²) in [4.78, 5) is 13.5. The van der Waals surface area contributed by atoms with Crippen LogP contribution in [0.1, 0.15) is 32.6 Å². The number of amides is 1. The number of nitrogens with two attached hydrogens (primary N) is 1. The highest BCUT2D eigenvalue weighted by Gasteiger charge is 2.21. The minimum Gasteiger partial charge on any atom is -0.369 e. The zero-order chi connectivity index (χ0) is 14.5. The summed E-state index contributed by atoms with van der Waals surface area (Å²) in [6.45, 7) is 3.69. The van der Waals surface area contributed by atoms with E-state index in [1.807, 2.05) is 6.92 Å². The lowest BCUT2D eigenvalue weighted by Gasteiger charge is -2.30. The average Bonchev–Trinajstić information content (AvgIpc) is 2.24. The molecule has 1 aliphatic rings. The second-order valence-electron chi connectivity index (χ2n) is 5.32. The molecule has 1 fully saturated rings. The summed E-state index contributed by atoms with van der Waals surface area (Å²) in [5.41, 5.74) is 5.37. The molecular formula is C13H24N2O3S. The van der Waals surface area contributed by atoms with Crippen LogP contribution >= 0.6 is 0 Å². The van der Waals surface area contributed by atoms with Gasteiger partial charge in [0.1, 0.15) is 0 Å². The van der Waals surface area contributed by atoms with E-state index in [2.05, 4.69) is 4.90 Å².